The molecule has 1 aliphatic heterocycles. The van der Waals surface area contributed by atoms with E-state index in [2.05, 4.69) is 36.2 Å². The molecule has 4 N–H and O–H groups in total. The van der Waals surface area contributed by atoms with Crippen LogP contribution in [0.5, 0.6) is 17.2 Å². The SMILES string of the molecule is Cc1c(COc2cc(OCc3cc(Cl)cc(Cl)c3)c(CNC(CO)CO)cc2Cl)cccc1-c1cccc(OCCCN2CCC(O)C2)c1C. The molecule has 0 bridgehead atoms. The van der Waals surface area contributed by atoms with Crippen molar-refractivity contribution in [2.75, 3.05) is 39.5 Å². The zero-order chi connectivity index (χ0) is 35.6. The number of halogens is 3. The Morgan fingerprint density at radius 1 is 0.800 bits per heavy atom. The molecule has 4 aromatic carbocycles. The molecule has 1 fully saturated rings. The summed E-state index contributed by atoms with van der Waals surface area (Å²) in [6, 6.07) is 20.6. The average molecular weight is 744 g/mol. The fraction of sp³-hybridized carbons (Fsp3) is 0.385. The number of hydrogen-bond acceptors (Lipinski definition) is 8. The summed E-state index contributed by atoms with van der Waals surface area (Å²) < 4.78 is 18.8. The molecule has 11 heteroatoms. The van der Waals surface area contributed by atoms with Crippen molar-refractivity contribution in [3.63, 3.8) is 0 Å². The van der Waals surface area contributed by atoms with E-state index in [1.165, 1.54) is 0 Å². The number of benzene rings is 4. The van der Waals surface area contributed by atoms with Gasteiger partial charge in [0.1, 0.15) is 30.5 Å². The van der Waals surface area contributed by atoms with E-state index in [9.17, 15) is 15.3 Å². The smallest absolute Gasteiger partial charge is 0.142 e. The molecule has 1 unspecified atom stereocenters. The molecule has 0 saturated carbocycles. The van der Waals surface area contributed by atoms with Crippen LogP contribution in [0, 0.1) is 13.8 Å². The van der Waals surface area contributed by atoms with Gasteiger partial charge in [0.15, 0.2) is 0 Å². The molecule has 1 atom stereocenters. The van der Waals surface area contributed by atoms with Crippen molar-refractivity contribution in [1.82, 2.24) is 10.2 Å². The number of hydrogen-bond donors (Lipinski definition) is 4. The number of likely N-dealkylation sites (tertiary alicyclic amines) is 1. The number of aliphatic hydroxyl groups is 3. The van der Waals surface area contributed by atoms with Crippen molar-refractivity contribution in [2.24, 2.45) is 0 Å². The molecule has 1 heterocycles. The zero-order valence-electron chi connectivity index (χ0n) is 28.4. The highest BCUT2D eigenvalue weighted by molar-refractivity contribution is 6.34. The van der Waals surface area contributed by atoms with E-state index in [0.717, 1.165) is 77.2 Å². The topological polar surface area (TPSA) is 104 Å². The van der Waals surface area contributed by atoms with E-state index in [4.69, 9.17) is 49.0 Å². The first-order chi connectivity index (χ1) is 24.1. The van der Waals surface area contributed by atoms with Gasteiger partial charge < -0.3 is 39.7 Å². The zero-order valence-corrected chi connectivity index (χ0v) is 30.7. The summed E-state index contributed by atoms with van der Waals surface area (Å²) in [6.07, 6.45) is 1.54. The lowest BCUT2D eigenvalue weighted by molar-refractivity contribution is 0.169. The van der Waals surface area contributed by atoms with E-state index in [1.807, 2.05) is 24.3 Å². The monoisotopic (exact) mass is 742 g/mol. The Hall–Kier alpha value is -3.05. The number of nitrogens with one attached hydrogen (secondary N) is 1. The van der Waals surface area contributed by atoms with Crippen LogP contribution in [0.4, 0.5) is 0 Å². The summed E-state index contributed by atoms with van der Waals surface area (Å²) >= 11 is 19.2. The van der Waals surface area contributed by atoms with Crippen LogP contribution in [0.2, 0.25) is 15.1 Å². The number of aliphatic hydroxyl groups excluding tert-OH is 3. The second-order valence-corrected chi connectivity index (χ2v) is 13.9. The van der Waals surface area contributed by atoms with Gasteiger partial charge in [-0.1, -0.05) is 65.1 Å². The fourth-order valence-corrected chi connectivity index (χ4v) is 6.90. The third-order valence-corrected chi connectivity index (χ3v) is 9.71. The molecule has 4 aromatic rings. The highest BCUT2D eigenvalue weighted by Gasteiger charge is 2.20. The third-order valence-electron chi connectivity index (χ3n) is 8.98. The van der Waals surface area contributed by atoms with Gasteiger partial charge in [-0.25, -0.2) is 0 Å². The van der Waals surface area contributed by atoms with Gasteiger partial charge in [0.05, 0.1) is 37.0 Å². The van der Waals surface area contributed by atoms with Crippen molar-refractivity contribution >= 4 is 34.8 Å². The van der Waals surface area contributed by atoms with Crippen LogP contribution in [-0.4, -0.2) is 71.8 Å². The fourth-order valence-electron chi connectivity index (χ4n) is 6.09. The Morgan fingerprint density at radius 3 is 2.20 bits per heavy atom. The largest absolute Gasteiger partial charge is 0.493 e. The molecule has 1 saturated heterocycles. The first-order valence-electron chi connectivity index (χ1n) is 16.8. The molecule has 0 amide bonds. The average Bonchev–Trinajstić information content (AvgIpc) is 3.51. The summed E-state index contributed by atoms with van der Waals surface area (Å²) in [5.74, 6) is 1.84. The van der Waals surface area contributed by atoms with Crippen molar-refractivity contribution in [1.29, 1.82) is 0 Å². The van der Waals surface area contributed by atoms with Gasteiger partial charge >= 0.3 is 0 Å². The lowest BCUT2D eigenvalue weighted by Gasteiger charge is -2.19. The number of nitrogens with zero attached hydrogens (tertiary/aromatic N) is 1. The Morgan fingerprint density at radius 2 is 1.50 bits per heavy atom. The van der Waals surface area contributed by atoms with E-state index in [1.54, 1.807) is 30.3 Å². The molecule has 8 nitrogen and oxygen atoms in total. The summed E-state index contributed by atoms with van der Waals surface area (Å²) in [5.41, 5.74) is 6.89. The lowest BCUT2D eigenvalue weighted by atomic mass is 9.93. The van der Waals surface area contributed by atoms with Crippen molar-refractivity contribution in [2.45, 2.75) is 58.6 Å². The molecule has 1 aliphatic rings. The minimum absolute atomic E-state index is 0.198. The summed E-state index contributed by atoms with van der Waals surface area (Å²) in [4.78, 5) is 2.28. The lowest BCUT2D eigenvalue weighted by Crippen LogP contribution is -2.35. The van der Waals surface area contributed by atoms with Crippen LogP contribution >= 0.6 is 34.8 Å². The second-order valence-electron chi connectivity index (χ2n) is 12.7. The molecule has 0 spiro atoms. The van der Waals surface area contributed by atoms with Crippen molar-refractivity contribution < 1.29 is 29.5 Å². The van der Waals surface area contributed by atoms with E-state index in [0.29, 0.717) is 39.7 Å². The summed E-state index contributed by atoms with van der Waals surface area (Å²) in [7, 11) is 0. The third kappa shape index (κ3) is 10.3. The predicted molar refractivity (Wildman–Crippen MR) is 200 cm³/mol. The van der Waals surface area contributed by atoms with Crippen LogP contribution in [0.1, 0.15) is 40.7 Å². The van der Waals surface area contributed by atoms with E-state index >= 15 is 0 Å². The van der Waals surface area contributed by atoms with Gasteiger partial charge in [-0.2, -0.15) is 0 Å². The van der Waals surface area contributed by atoms with Crippen LogP contribution in [0.25, 0.3) is 11.1 Å². The summed E-state index contributed by atoms with van der Waals surface area (Å²) in [5, 5.41) is 33.4. The molecule has 50 heavy (non-hydrogen) atoms. The molecular formula is C39H45Cl3N2O6. The van der Waals surface area contributed by atoms with E-state index < -0.39 is 6.04 Å². The molecule has 0 aliphatic carbocycles. The molecule has 0 aromatic heterocycles. The Kier molecular flexibility index (Phi) is 14.1. The standard InChI is InChI=1S/C39H45Cl3N2O6/c1-25-28(6-3-7-34(25)35-8-4-9-37(26(35)2)48-13-5-11-44-12-10-33(47)20-44)24-50-39-18-38(49-23-27-14-30(40)17-31(41)15-27)29(16-36(39)42)19-43-32(21-45)22-46/h3-4,6-9,14-18,32-33,43,45-47H,5,10-13,19-24H2,1-2H3. The highest BCUT2D eigenvalue weighted by Crippen LogP contribution is 2.36. The minimum Gasteiger partial charge on any atom is -0.493 e. The maximum atomic E-state index is 9.78. The maximum Gasteiger partial charge on any atom is 0.142 e. The Bertz CT molecular complexity index is 1710. The predicted octanol–water partition coefficient (Wildman–Crippen LogP) is 7.37. The summed E-state index contributed by atoms with van der Waals surface area (Å²) in [6.45, 7) is 7.72. The quantitative estimate of drug-likeness (QED) is 0.0833. The van der Waals surface area contributed by atoms with Gasteiger partial charge in [0.25, 0.3) is 0 Å². The molecular weight excluding hydrogens is 699 g/mol. The normalized spacial score (nSPS) is 14.8. The van der Waals surface area contributed by atoms with Crippen LogP contribution in [-0.2, 0) is 19.8 Å². The van der Waals surface area contributed by atoms with Gasteiger partial charge in [-0.3, -0.25) is 0 Å². The second kappa shape index (κ2) is 18.4. The van der Waals surface area contributed by atoms with Crippen molar-refractivity contribution in [3.05, 3.63) is 110 Å². The number of ether oxygens (including phenoxy) is 3. The van der Waals surface area contributed by atoms with Crippen molar-refractivity contribution in [3.8, 4) is 28.4 Å². The first kappa shape index (κ1) is 38.2. The molecule has 0 radical (unpaired) electrons. The van der Waals surface area contributed by atoms with Gasteiger partial charge in [-0.15, -0.1) is 0 Å². The van der Waals surface area contributed by atoms with Crippen LogP contribution in [0.15, 0.2) is 66.7 Å². The molecule has 5 rings (SSSR count). The van der Waals surface area contributed by atoms with E-state index in [-0.39, 0.29) is 32.5 Å². The highest BCUT2D eigenvalue weighted by atomic mass is 35.5. The Labute approximate surface area is 309 Å². The number of rotatable bonds is 17. The number of β-amino-alcohol motifs (C(OH)–C–C–N with tert-alkyl or cyclic N) is 1. The van der Waals surface area contributed by atoms with Crippen LogP contribution in [0.3, 0.4) is 0 Å². The van der Waals surface area contributed by atoms with Gasteiger partial charge in [-0.05, 0) is 90.4 Å². The van der Waals surface area contributed by atoms with Gasteiger partial charge in [0.2, 0.25) is 0 Å². The first-order valence-corrected chi connectivity index (χ1v) is 18.0. The molecule has 268 valence electrons. The Balaban J connectivity index is 1.30. The van der Waals surface area contributed by atoms with Gasteiger partial charge in [0, 0.05) is 47.9 Å². The maximum absolute atomic E-state index is 9.78. The van der Waals surface area contributed by atoms with Crippen LogP contribution < -0.4 is 19.5 Å². The minimum atomic E-state index is -0.494.